The van der Waals surface area contributed by atoms with Crippen LogP contribution in [0.25, 0.3) is 0 Å². The van der Waals surface area contributed by atoms with Crippen LogP contribution in [-0.2, 0) is 14.4 Å². The lowest BCUT2D eigenvalue weighted by Gasteiger charge is -2.07. The van der Waals surface area contributed by atoms with Gasteiger partial charge < -0.3 is 9.90 Å². The first kappa shape index (κ1) is 10.5. The maximum absolute atomic E-state index is 11.2. The van der Waals surface area contributed by atoms with E-state index < -0.39 is 6.10 Å². The van der Waals surface area contributed by atoms with E-state index in [0.29, 0.717) is 11.9 Å². The van der Waals surface area contributed by atoms with Gasteiger partial charge in [0.1, 0.15) is 12.4 Å². The molecule has 0 aliphatic heterocycles. The molecule has 1 unspecified atom stereocenters. The van der Waals surface area contributed by atoms with Gasteiger partial charge in [-0.15, -0.1) is 0 Å². The molecule has 0 aromatic heterocycles. The highest BCUT2D eigenvalue weighted by molar-refractivity contribution is 6.17. The summed E-state index contributed by atoms with van der Waals surface area (Å²) in [5, 5.41) is 8.93. The van der Waals surface area contributed by atoms with Crippen LogP contribution in [0.15, 0.2) is 23.8 Å². The van der Waals surface area contributed by atoms with Crippen molar-refractivity contribution >= 4 is 17.9 Å². The Balaban J connectivity index is 2.56. The second kappa shape index (κ2) is 4.62. The van der Waals surface area contributed by atoms with E-state index in [9.17, 15) is 14.4 Å². The van der Waals surface area contributed by atoms with Crippen molar-refractivity contribution in [3.8, 4) is 0 Å². The Morgan fingerprint density at radius 2 is 2.07 bits per heavy atom. The van der Waals surface area contributed by atoms with Gasteiger partial charge in [0.05, 0.1) is 0 Å². The molecule has 0 spiro atoms. The van der Waals surface area contributed by atoms with E-state index in [2.05, 4.69) is 0 Å². The fourth-order valence-electron chi connectivity index (χ4n) is 1.12. The lowest BCUT2D eigenvalue weighted by Crippen LogP contribution is -2.12. The molecule has 0 radical (unpaired) electrons. The van der Waals surface area contributed by atoms with Crippen molar-refractivity contribution in [1.29, 1.82) is 0 Å². The summed E-state index contributed by atoms with van der Waals surface area (Å²) in [6, 6.07) is 0. The number of aldehydes is 1. The maximum atomic E-state index is 11.2. The topological polar surface area (TPSA) is 71.4 Å². The molecule has 0 bridgehead atoms. The largest absolute Gasteiger partial charge is 0.386 e. The highest BCUT2D eigenvalue weighted by Crippen LogP contribution is 2.12. The lowest BCUT2D eigenvalue weighted by atomic mass is 9.98. The molecule has 4 heteroatoms. The van der Waals surface area contributed by atoms with Gasteiger partial charge in [0, 0.05) is 5.57 Å². The predicted molar refractivity (Wildman–Crippen MR) is 48.5 cm³/mol. The fourth-order valence-corrected chi connectivity index (χ4v) is 1.12. The van der Waals surface area contributed by atoms with Crippen LogP contribution in [0.4, 0.5) is 0 Å². The normalized spacial score (nSPS) is 17.9. The first-order valence-electron chi connectivity index (χ1n) is 4.24. The van der Waals surface area contributed by atoms with Gasteiger partial charge >= 0.3 is 0 Å². The van der Waals surface area contributed by atoms with Crippen LogP contribution in [0.2, 0.25) is 0 Å². The summed E-state index contributed by atoms with van der Waals surface area (Å²) in [5.41, 5.74) is 0.346. The van der Waals surface area contributed by atoms with E-state index in [-0.39, 0.29) is 24.4 Å². The monoisotopic (exact) mass is 194 g/mol. The first-order chi connectivity index (χ1) is 6.63. The molecule has 0 aromatic rings. The molecule has 1 N–H and O–H groups in total. The Hall–Kier alpha value is -1.55. The zero-order valence-electron chi connectivity index (χ0n) is 7.47. The van der Waals surface area contributed by atoms with Gasteiger partial charge in [-0.1, -0.05) is 0 Å². The second-order valence-corrected chi connectivity index (χ2v) is 3.01. The number of aliphatic hydroxyl groups is 1. The fraction of sp³-hybridized carbons (Fsp3) is 0.300. The van der Waals surface area contributed by atoms with E-state index in [1.54, 1.807) is 0 Å². The Morgan fingerprint density at radius 1 is 1.36 bits per heavy atom. The second-order valence-electron chi connectivity index (χ2n) is 3.01. The minimum atomic E-state index is -1.07. The van der Waals surface area contributed by atoms with Gasteiger partial charge in [-0.3, -0.25) is 9.59 Å². The van der Waals surface area contributed by atoms with Crippen LogP contribution in [0.1, 0.15) is 12.8 Å². The third kappa shape index (κ3) is 2.74. The van der Waals surface area contributed by atoms with Crippen LogP contribution >= 0.6 is 0 Å². The van der Waals surface area contributed by atoms with Gasteiger partial charge in [0.2, 0.25) is 0 Å². The van der Waals surface area contributed by atoms with Crippen molar-refractivity contribution in [2.45, 2.75) is 18.9 Å². The molecule has 14 heavy (non-hydrogen) atoms. The van der Waals surface area contributed by atoms with Crippen LogP contribution in [0.5, 0.6) is 0 Å². The third-order valence-electron chi connectivity index (χ3n) is 1.90. The standard InChI is InChI=1S/C10H10O4/c11-6-9(13)2-1-7-5-8(12)3-4-10(7)14/h3-6,9,13H,1-2H2. The molecular weight excluding hydrogens is 184 g/mol. The number of aliphatic hydroxyl groups excluding tert-OH is 1. The average Bonchev–Trinajstić information content (AvgIpc) is 2.19. The summed E-state index contributed by atoms with van der Waals surface area (Å²) in [7, 11) is 0. The van der Waals surface area contributed by atoms with Crippen molar-refractivity contribution in [3.05, 3.63) is 23.8 Å². The molecule has 0 saturated carbocycles. The van der Waals surface area contributed by atoms with Gasteiger partial charge in [-0.2, -0.15) is 0 Å². The van der Waals surface area contributed by atoms with E-state index in [1.807, 2.05) is 0 Å². The summed E-state index contributed by atoms with van der Waals surface area (Å²) in [6.07, 6.45) is 3.39. The SMILES string of the molecule is O=CC(O)CCC1=CC(=O)C=CC1=O. The number of hydrogen-bond donors (Lipinski definition) is 1. The van der Waals surface area contributed by atoms with Crippen molar-refractivity contribution in [3.63, 3.8) is 0 Å². The zero-order chi connectivity index (χ0) is 10.6. The summed E-state index contributed by atoms with van der Waals surface area (Å²) < 4.78 is 0. The summed E-state index contributed by atoms with van der Waals surface area (Å²) >= 11 is 0. The van der Waals surface area contributed by atoms with Crippen LogP contribution in [-0.4, -0.2) is 29.1 Å². The molecule has 1 aliphatic carbocycles. The number of carbonyl (C=O) groups is 3. The number of allylic oxidation sites excluding steroid dienone is 4. The molecular formula is C10H10O4. The Labute approximate surface area is 80.9 Å². The van der Waals surface area contributed by atoms with Crippen molar-refractivity contribution < 1.29 is 19.5 Å². The van der Waals surface area contributed by atoms with Crippen molar-refractivity contribution in [1.82, 2.24) is 0 Å². The van der Waals surface area contributed by atoms with E-state index >= 15 is 0 Å². The summed E-state index contributed by atoms with van der Waals surface area (Å²) in [6.45, 7) is 0. The number of hydrogen-bond acceptors (Lipinski definition) is 4. The minimum Gasteiger partial charge on any atom is -0.386 e. The highest BCUT2D eigenvalue weighted by Gasteiger charge is 2.14. The first-order valence-corrected chi connectivity index (χ1v) is 4.24. The van der Waals surface area contributed by atoms with E-state index in [0.717, 1.165) is 0 Å². The molecule has 1 rings (SSSR count). The van der Waals surface area contributed by atoms with Gasteiger partial charge in [-0.25, -0.2) is 0 Å². The maximum Gasteiger partial charge on any atom is 0.182 e. The van der Waals surface area contributed by atoms with Crippen molar-refractivity contribution in [2.75, 3.05) is 0 Å². The number of carbonyl (C=O) groups excluding carboxylic acids is 3. The number of rotatable bonds is 4. The predicted octanol–water partition coefficient (Wildman–Crippen LogP) is -0.0392. The average molecular weight is 194 g/mol. The van der Waals surface area contributed by atoms with E-state index in [1.165, 1.54) is 18.2 Å². The molecule has 4 nitrogen and oxygen atoms in total. The van der Waals surface area contributed by atoms with Crippen LogP contribution < -0.4 is 0 Å². The molecule has 0 saturated heterocycles. The van der Waals surface area contributed by atoms with Gasteiger partial charge in [0.25, 0.3) is 0 Å². The quantitative estimate of drug-likeness (QED) is 0.503. The third-order valence-corrected chi connectivity index (χ3v) is 1.90. The molecule has 1 aliphatic rings. The molecule has 0 heterocycles. The van der Waals surface area contributed by atoms with Crippen LogP contribution in [0.3, 0.4) is 0 Å². The Bertz CT molecular complexity index is 325. The molecule has 1 atom stereocenters. The smallest absolute Gasteiger partial charge is 0.182 e. The number of ketones is 2. The molecule has 0 fully saturated rings. The molecule has 0 aromatic carbocycles. The lowest BCUT2D eigenvalue weighted by molar-refractivity contribution is -0.116. The zero-order valence-corrected chi connectivity index (χ0v) is 7.47. The Kier molecular flexibility index (Phi) is 3.48. The van der Waals surface area contributed by atoms with Crippen molar-refractivity contribution in [2.24, 2.45) is 0 Å². The van der Waals surface area contributed by atoms with Gasteiger partial charge in [0.15, 0.2) is 11.6 Å². The molecule has 0 amide bonds. The van der Waals surface area contributed by atoms with Gasteiger partial charge in [-0.05, 0) is 31.1 Å². The van der Waals surface area contributed by atoms with E-state index in [4.69, 9.17) is 5.11 Å². The van der Waals surface area contributed by atoms with Crippen LogP contribution in [0, 0.1) is 0 Å². The minimum absolute atomic E-state index is 0.169. The Morgan fingerprint density at radius 3 is 2.71 bits per heavy atom. The summed E-state index contributed by atoms with van der Waals surface area (Å²) in [5.74, 6) is -0.470. The molecule has 74 valence electrons. The summed E-state index contributed by atoms with van der Waals surface area (Å²) in [4.78, 5) is 32.1. The highest BCUT2D eigenvalue weighted by atomic mass is 16.3.